The lowest BCUT2D eigenvalue weighted by atomic mass is 10.1. The Morgan fingerprint density at radius 2 is 1.74 bits per heavy atom. The number of nitrogens with one attached hydrogen (secondary N) is 3. The number of amides is 2. The molecule has 0 saturated heterocycles. The third-order valence-electron chi connectivity index (χ3n) is 4.55. The Balaban J connectivity index is 0.000000673. The highest BCUT2D eigenvalue weighted by atomic mass is 35.5. The first-order valence-electron chi connectivity index (χ1n) is 10.7. The minimum Gasteiger partial charge on any atom is -0.494 e. The normalized spacial score (nSPS) is 10.8. The molecular formula is C23H20Cl3F3N4O5S. The Kier molecular flexibility index (Phi) is 11.8. The molecule has 39 heavy (non-hydrogen) atoms. The molecule has 210 valence electrons. The van der Waals surface area contributed by atoms with Crippen LogP contribution in [0.25, 0.3) is 0 Å². The maximum absolute atomic E-state index is 13.0. The predicted molar refractivity (Wildman–Crippen MR) is 144 cm³/mol. The molecule has 2 heterocycles. The summed E-state index contributed by atoms with van der Waals surface area (Å²) in [6, 6.07) is 6.07. The number of halogens is 6. The zero-order chi connectivity index (χ0) is 29.3. The number of alkyl halides is 3. The van der Waals surface area contributed by atoms with E-state index in [-0.39, 0.29) is 27.8 Å². The van der Waals surface area contributed by atoms with Crippen molar-refractivity contribution in [1.82, 2.24) is 10.3 Å². The number of pyridine rings is 1. The van der Waals surface area contributed by atoms with Gasteiger partial charge < -0.3 is 25.8 Å². The highest BCUT2D eigenvalue weighted by molar-refractivity contribution is 7.13. The molecule has 0 bridgehead atoms. The van der Waals surface area contributed by atoms with Crippen LogP contribution in [0.4, 0.5) is 24.7 Å². The summed E-state index contributed by atoms with van der Waals surface area (Å²) in [5.74, 6) is -3.26. The number of ether oxygens (including phenoxy) is 1. The summed E-state index contributed by atoms with van der Waals surface area (Å²) in [5, 5.41) is 18.6. The van der Waals surface area contributed by atoms with Crippen LogP contribution in [-0.4, -0.2) is 47.7 Å². The number of hydrogen-bond acceptors (Lipinski definition) is 7. The molecule has 0 radical (unpaired) electrons. The first kappa shape index (κ1) is 32.1. The van der Waals surface area contributed by atoms with Gasteiger partial charge in [-0.25, -0.2) is 9.78 Å². The van der Waals surface area contributed by atoms with Crippen LogP contribution >= 0.6 is 46.1 Å². The van der Waals surface area contributed by atoms with Crippen LogP contribution in [-0.2, 0) is 11.3 Å². The van der Waals surface area contributed by atoms with Crippen molar-refractivity contribution in [2.24, 2.45) is 0 Å². The van der Waals surface area contributed by atoms with Gasteiger partial charge in [-0.3, -0.25) is 9.59 Å². The molecule has 0 unspecified atom stereocenters. The Bertz CT molecular complexity index is 1340. The smallest absolute Gasteiger partial charge is 0.490 e. The van der Waals surface area contributed by atoms with E-state index in [1.54, 1.807) is 12.1 Å². The van der Waals surface area contributed by atoms with Crippen LogP contribution in [0.15, 0.2) is 35.8 Å². The van der Waals surface area contributed by atoms with Crippen molar-refractivity contribution in [1.29, 1.82) is 0 Å². The fraction of sp³-hybridized carbons (Fsp3) is 0.217. The van der Waals surface area contributed by atoms with E-state index >= 15 is 0 Å². The van der Waals surface area contributed by atoms with E-state index < -0.39 is 24.0 Å². The van der Waals surface area contributed by atoms with Gasteiger partial charge in [-0.15, -0.1) is 11.3 Å². The van der Waals surface area contributed by atoms with Crippen LogP contribution in [0.2, 0.25) is 15.1 Å². The van der Waals surface area contributed by atoms with Gasteiger partial charge in [0.2, 0.25) is 0 Å². The molecule has 16 heteroatoms. The lowest BCUT2D eigenvalue weighted by Crippen LogP contribution is -2.21. The number of carbonyl (C=O) groups excluding carboxylic acids is 2. The quantitative estimate of drug-likeness (QED) is 0.229. The number of anilines is 2. The summed E-state index contributed by atoms with van der Waals surface area (Å²) >= 11 is 19.6. The average Bonchev–Trinajstić information content (AvgIpc) is 3.24. The lowest BCUT2D eigenvalue weighted by molar-refractivity contribution is -0.192. The summed E-state index contributed by atoms with van der Waals surface area (Å²) < 4.78 is 37.1. The minimum absolute atomic E-state index is 0.0972. The monoisotopic (exact) mass is 626 g/mol. The van der Waals surface area contributed by atoms with Crippen molar-refractivity contribution in [3.63, 3.8) is 0 Å². The average molecular weight is 628 g/mol. The Morgan fingerprint density at radius 1 is 1.08 bits per heavy atom. The number of carboxylic acids is 1. The number of rotatable bonds is 8. The number of benzene rings is 1. The van der Waals surface area contributed by atoms with E-state index in [0.29, 0.717) is 21.5 Å². The molecule has 3 rings (SSSR count). The maximum Gasteiger partial charge on any atom is 0.490 e. The van der Waals surface area contributed by atoms with E-state index in [0.717, 1.165) is 12.1 Å². The van der Waals surface area contributed by atoms with E-state index in [4.69, 9.17) is 49.4 Å². The molecule has 0 atom stereocenters. The van der Waals surface area contributed by atoms with Crippen molar-refractivity contribution < 1.29 is 37.4 Å². The van der Waals surface area contributed by atoms with Crippen LogP contribution < -0.4 is 20.7 Å². The van der Waals surface area contributed by atoms with E-state index in [9.17, 15) is 22.8 Å². The number of carbonyl (C=O) groups is 3. The SMILES string of the molecule is CCNCc1csc(C(=O)Nc2c(OC)cc(Cl)cc2C(=O)Nc2ccc(Cl)cn2)c1Cl.O=C(O)C(F)(F)F. The molecule has 3 aromatic rings. The summed E-state index contributed by atoms with van der Waals surface area (Å²) in [7, 11) is 1.41. The fourth-order valence-electron chi connectivity index (χ4n) is 2.77. The first-order chi connectivity index (χ1) is 18.3. The predicted octanol–water partition coefficient (Wildman–Crippen LogP) is 6.36. The zero-order valence-electron chi connectivity index (χ0n) is 20.1. The second-order valence-corrected chi connectivity index (χ2v) is 9.42. The molecule has 0 aliphatic heterocycles. The maximum atomic E-state index is 13.0. The van der Waals surface area contributed by atoms with Crippen molar-refractivity contribution >= 4 is 75.4 Å². The molecule has 0 spiro atoms. The van der Waals surface area contributed by atoms with Crippen LogP contribution in [0.3, 0.4) is 0 Å². The van der Waals surface area contributed by atoms with Crippen molar-refractivity contribution in [2.75, 3.05) is 24.3 Å². The highest BCUT2D eigenvalue weighted by Crippen LogP contribution is 2.35. The second-order valence-electron chi connectivity index (χ2n) is 7.29. The molecule has 0 fully saturated rings. The second kappa shape index (κ2) is 14.3. The summed E-state index contributed by atoms with van der Waals surface area (Å²) in [5.41, 5.74) is 1.07. The van der Waals surface area contributed by atoms with E-state index in [1.165, 1.54) is 36.8 Å². The van der Waals surface area contributed by atoms with Gasteiger partial charge in [0.25, 0.3) is 11.8 Å². The van der Waals surface area contributed by atoms with Gasteiger partial charge in [-0.05, 0) is 35.7 Å². The van der Waals surface area contributed by atoms with Gasteiger partial charge in [0.15, 0.2) is 0 Å². The number of aliphatic carboxylic acids is 1. The molecule has 9 nitrogen and oxygen atoms in total. The minimum atomic E-state index is -5.08. The van der Waals surface area contributed by atoms with Crippen molar-refractivity contribution in [3.05, 3.63) is 66.9 Å². The van der Waals surface area contributed by atoms with Crippen LogP contribution in [0.1, 0.15) is 32.5 Å². The molecule has 0 aliphatic rings. The van der Waals surface area contributed by atoms with Gasteiger partial charge in [0.1, 0.15) is 16.4 Å². The number of hydrogen-bond donors (Lipinski definition) is 4. The Hall–Kier alpha value is -3.10. The van der Waals surface area contributed by atoms with Crippen LogP contribution in [0, 0.1) is 0 Å². The van der Waals surface area contributed by atoms with Crippen molar-refractivity contribution in [2.45, 2.75) is 19.6 Å². The fourth-order valence-corrected chi connectivity index (χ4v) is 4.35. The van der Waals surface area contributed by atoms with Gasteiger partial charge in [0.05, 0.1) is 28.4 Å². The largest absolute Gasteiger partial charge is 0.494 e. The molecule has 2 amide bonds. The third kappa shape index (κ3) is 9.25. The lowest BCUT2D eigenvalue weighted by Gasteiger charge is -2.15. The molecule has 1 aromatic carbocycles. The highest BCUT2D eigenvalue weighted by Gasteiger charge is 2.38. The van der Waals surface area contributed by atoms with Gasteiger partial charge in [0, 0.05) is 23.8 Å². The molecule has 2 aromatic heterocycles. The topological polar surface area (TPSA) is 130 Å². The Labute approximate surface area is 239 Å². The van der Waals surface area contributed by atoms with Crippen molar-refractivity contribution in [3.8, 4) is 5.75 Å². The summed E-state index contributed by atoms with van der Waals surface area (Å²) in [6.45, 7) is 3.30. The molecule has 4 N–H and O–H groups in total. The van der Waals surface area contributed by atoms with E-state index in [2.05, 4.69) is 20.9 Å². The number of carboxylic acid groups (broad SMARTS) is 1. The van der Waals surface area contributed by atoms with Gasteiger partial charge in [-0.2, -0.15) is 13.2 Å². The zero-order valence-corrected chi connectivity index (χ0v) is 23.2. The number of methoxy groups -OCH3 is 1. The summed E-state index contributed by atoms with van der Waals surface area (Å²) in [4.78, 5) is 39.2. The first-order valence-corrected chi connectivity index (χ1v) is 12.7. The Morgan fingerprint density at radius 3 is 2.28 bits per heavy atom. The van der Waals surface area contributed by atoms with Crippen LogP contribution in [0.5, 0.6) is 5.75 Å². The number of thiophene rings is 1. The van der Waals surface area contributed by atoms with E-state index in [1.807, 2.05) is 12.3 Å². The molecule has 0 aliphatic carbocycles. The summed E-state index contributed by atoms with van der Waals surface area (Å²) in [6.07, 6.45) is -3.68. The molecule has 0 saturated carbocycles. The van der Waals surface area contributed by atoms with Gasteiger partial charge in [-0.1, -0.05) is 41.7 Å². The third-order valence-corrected chi connectivity index (χ3v) is 6.57. The number of nitrogens with zero attached hydrogens (tertiary/aromatic N) is 1. The van der Waals surface area contributed by atoms with Gasteiger partial charge >= 0.3 is 12.1 Å². The standard InChI is InChI=1S/C21H19Cl3N4O3S.C2HF3O2/c1-3-25-8-11-10-32-19(17(11)24)21(30)28-18-14(6-13(23)7-15(18)31-2)20(29)27-16-5-4-12(22)9-26-16;3-2(4,5)1(6)7/h4-7,9-10,25H,3,8H2,1-2H3,(H,28,30)(H,26,27,29);(H,6,7). The molecular weight excluding hydrogens is 608 g/mol. The number of aromatic nitrogens is 1.